The Morgan fingerprint density at radius 3 is 2.24 bits per heavy atom. The zero-order chi connectivity index (χ0) is 14.8. The van der Waals surface area contributed by atoms with E-state index in [1.807, 2.05) is 54.6 Å². The summed E-state index contributed by atoms with van der Waals surface area (Å²) in [6, 6.07) is 17.4. The lowest BCUT2D eigenvalue weighted by atomic mass is 10.2. The normalized spacial score (nSPS) is 11.0. The SMILES string of the molecule is ClC(Cl)c1nc(-c2ccc(Br)cc2)nn1-c1ccccc1. The highest BCUT2D eigenvalue weighted by Crippen LogP contribution is 2.28. The van der Waals surface area contributed by atoms with Gasteiger partial charge in [-0.1, -0.05) is 69.5 Å². The molecule has 21 heavy (non-hydrogen) atoms. The molecule has 0 atom stereocenters. The van der Waals surface area contributed by atoms with Gasteiger partial charge in [0.15, 0.2) is 16.5 Å². The Labute approximate surface area is 140 Å². The van der Waals surface area contributed by atoms with E-state index in [4.69, 9.17) is 23.2 Å². The maximum atomic E-state index is 6.02. The topological polar surface area (TPSA) is 30.7 Å². The summed E-state index contributed by atoms with van der Waals surface area (Å²) >= 11 is 15.4. The Bertz CT molecular complexity index is 739. The monoisotopic (exact) mass is 381 g/mol. The van der Waals surface area contributed by atoms with E-state index in [-0.39, 0.29) is 0 Å². The minimum absolute atomic E-state index is 0.502. The fourth-order valence-corrected chi connectivity index (χ4v) is 2.49. The summed E-state index contributed by atoms with van der Waals surface area (Å²) in [5.74, 6) is 1.09. The quantitative estimate of drug-likeness (QED) is 0.584. The minimum Gasteiger partial charge on any atom is -0.214 e. The highest BCUT2D eigenvalue weighted by atomic mass is 79.9. The molecule has 0 aliphatic carbocycles. The number of benzene rings is 2. The second-order valence-corrected chi connectivity index (χ2v) is 6.36. The van der Waals surface area contributed by atoms with Gasteiger partial charge in [0.1, 0.15) is 0 Å². The smallest absolute Gasteiger partial charge is 0.181 e. The molecule has 3 rings (SSSR count). The summed E-state index contributed by atoms with van der Waals surface area (Å²) in [5.41, 5.74) is 1.78. The molecule has 0 radical (unpaired) electrons. The molecular formula is C15H10BrCl2N3. The number of rotatable bonds is 3. The lowest BCUT2D eigenvalue weighted by Gasteiger charge is -2.05. The van der Waals surface area contributed by atoms with Crippen molar-refractivity contribution >= 4 is 39.1 Å². The predicted octanol–water partition coefficient (Wildman–Crippen LogP) is 5.17. The molecule has 1 aromatic heterocycles. The zero-order valence-electron chi connectivity index (χ0n) is 10.7. The maximum absolute atomic E-state index is 6.02. The van der Waals surface area contributed by atoms with E-state index in [1.165, 1.54) is 0 Å². The predicted molar refractivity (Wildman–Crippen MR) is 88.9 cm³/mol. The summed E-state index contributed by atoms with van der Waals surface area (Å²) in [6.07, 6.45) is 0. The summed E-state index contributed by atoms with van der Waals surface area (Å²) in [5, 5.41) is 4.52. The summed E-state index contributed by atoms with van der Waals surface area (Å²) in [4.78, 5) is 3.71. The van der Waals surface area contributed by atoms with Crippen LogP contribution >= 0.6 is 39.1 Å². The van der Waals surface area contributed by atoms with Crippen molar-refractivity contribution in [3.63, 3.8) is 0 Å². The molecule has 106 valence electrons. The third-order valence-electron chi connectivity index (χ3n) is 2.93. The molecule has 0 amide bonds. The van der Waals surface area contributed by atoms with E-state index in [2.05, 4.69) is 26.0 Å². The molecule has 6 heteroatoms. The lowest BCUT2D eigenvalue weighted by molar-refractivity contribution is 0.827. The van der Waals surface area contributed by atoms with Gasteiger partial charge in [0.25, 0.3) is 0 Å². The Hall–Kier alpha value is -1.36. The van der Waals surface area contributed by atoms with Crippen molar-refractivity contribution in [2.75, 3.05) is 0 Å². The fraction of sp³-hybridized carbons (Fsp3) is 0.0667. The Morgan fingerprint density at radius 2 is 1.62 bits per heavy atom. The molecule has 0 unspecified atom stereocenters. The van der Waals surface area contributed by atoms with Crippen LogP contribution in [0.15, 0.2) is 59.1 Å². The van der Waals surface area contributed by atoms with Gasteiger partial charge in [0.2, 0.25) is 0 Å². The first-order valence-corrected chi connectivity index (χ1v) is 7.88. The lowest BCUT2D eigenvalue weighted by Crippen LogP contribution is -2.02. The largest absolute Gasteiger partial charge is 0.214 e. The Balaban J connectivity index is 2.11. The van der Waals surface area contributed by atoms with Gasteiger partial charge in [-0.25, -0.2) is 9.67 Å². The molecule has 0 N–H and O–H groups in total. The highest BCUT2D eigenvalue weighted by molar-refractivity contribution is 9.10. The first-order valence-electron chi connectivity index (χ1n) is 6.21. The molecule has 0 fully saturated rings. The minimum atomic E-state index is -0.748. The Kier molecular flexibility index (Phi) is 4.29. The first-order chi connectivity index (χ1) is 10.1. The van der Waals surface area contributed by atoms with Crippen molar-refractivity contribution in [1.29, 1.82) is 0 Å². The maximum Gasteiger partial charge on any atom is 0.181 e. The van der Waals surface area contributed by atoms with Gasteiger partial charge in [-0.05, 0) is 24.3 Å². The molecular weight excluding hydrogens is 373 g/mol. The van der Waals surface area contributed by atoms with E-state index < -0.39 is 4.84 Å². The van der Waals surface area contributed by atoms with Crippen LogP contribution in [0.2, 0.25) is 0 Å². The third kappa shape index (κ3) is 3.12. The van der Waals surface area contributed by atoms with Crippen LogP contribution in [0.1, 0.15) is 10.7 Å². The van der Waals surface area contributed by atoms with E-state index in [0.717, 1.165) is 15.7 Å². The summed E-state index contributed by atoms with van der Waals surface area (Å²) in [7, 11) is 0. The van der Waals surface area contributed by atoms with Gasteiger partial charge in [0.05, 0.1) is 5.69 Å². The molecule has 1 heterocycles. The molecule has 3 nitrogen and oxygen atoms in total. The number of halogens is 3. The number of para-hydroxylation sites is 1. The van der Waals surface area contributed by atoms with Gasteiger partial charge in [-0.3, -0.25) is 0 Å². The van der Waals surface area contributed by atoms with Crippen LogP contribution in [0.5, 0.6) is 0 Å². The fourth-order valence-electron chi connectivity index (χ4n) is 1.95. The molecule has 0 aliphatic rings. The van der Waals surface area contributed by atoms with Crippen molar-refractivity contribution < 1.29 is 0 Å². The van der Waals surface area contributed by atoms with Crippen LogP contribution < -0.4 is 0 Å². The van der Waals surface area contributed by atoms with Crippen LogP contribution in [-0.4, -0.2) is 14.8 Å². The van der Waals surface area contributed by atoms with Crippen molar-refractivity contribution in [1.82, 2.24) is 14.8 Å². The van der Waals surface area contributed by atoms with Crippen molar-refractivity contribution in [2.45, 2.75) is 4.84 Å². The van der Waals surface area contributed by atoms with Gasteiger partial charge < -0.3 is 0 Å². The van der Waals surface area contributed by atoms with E-state index in [0.29, 0.717) is 11.6 Å². The summed E-state index contributed by atoms with van der Waals surface area (Å²) < 4.78 is 2.67. The van der Waals surface area contributed by atoms with Gasteiger partial charge in [-0.2, -0.15) is 0 Å². The molecule has 0 bridgehead atoms. The number of hydrogen-bond donors (Lipinski definition) is 0. The number of alkyl halides is 2. The third-order valence-corrected chi connectivity index (χ3v) is 3.85. The second kappa shape index (κ2) is 6.18. The average Bonchev–Trinajstić information content (AvgIpc) is 2.94. The van der Waals surface area contributed by atoms with Crippen LogP contribution in [0.3, 0.4) is 0 Å². The van der Waals surface area contributed by atoms with Gasteiger partial charge in [0, 0.05) is 10.0 Å². The van der Waals surface area contributed by atoms with Gasteiger partial charge in [-0.15, -0.1) is 5.10 Å². The van der Waals surface area contributed by atoms with E-state index in [1.54, 1.807) is 4.68 Å². The molecule has 0 saturated heterocycles. The molecule has 0 spiro atoms. The highest BCUT2D eigenvalue weighted by Gasteiger charge is 2.18. The average molecular weight is 383 g/mol. The number of hydrogen-bond acceptors (Lipinski definition) is 2. The van der Waals surface area contributed by atoms with Crippen molar-refractivity contribution in [2.24, 2.45) is 0 Å². The van der Waals surface area contributed by atoms with Crippen molar-refractivity contribution in [3.05, 3.63) is 64.9 Å². The van der Waals surface area contributed by atoms with E-state index >= 15 is 0 Å². The van der Waals surface area contributed by atoms with Crippen LogP contribution in [0.4, 0.5) is 0 Å². The molecule has 0 aliphatic heterocycles. The second-order valence-electron chi connectivity index (χ2n) is 4.35. The molecule has 3 aromatic rings. The zero-order valence-corrected chi connectivity index (χ0v) is 13.8. The summed E-state index contributed by atoms with van der Waals surface area (Å²) in [6.45, 7) is 0. The first kappa shape index (κ1) is 14.6. The van der Waals surface area contributed by atoms with Gasteiger partial charge >= 0.3 is 0 Å². The van der Waals surface area contributed by atoms with Crippen LogP contribution in [0, 0.1) is 0 Å². The van der Waals surface area contributed by atoms with Crippen LogP contribution in [-0.2, 0) is 0 Å². The molecule has 0 saturated carbocycles. The van der Waals surface area contributed by atoms with Crippen LogP contribution in [0.25, 0.3) is 17.1 Å². The Morgan fingerprint density at radius 1 is 0.952 bits per heavy atom. The number of aromatic nitrogens is 3. The van der Waals surface area contributed by atoms with Crippen molar-refractivity contribution in [3.8, 4) is 17.1 Å². The molecule has 2 aromatic carbocycles. The standard InChI is InChI=1S/C15H10BrCl2N3/c16-11-8-6-10(7-9-11)14-19-15(13(17)18)21(20-14)12-4-2-1-3-5-12/h1-9,13H. The van der Waals surface area contributed by atoms with E-state index in [9.17, 15) is 0 Å². The number of nitrogens with zero attached hydrogens (tertiary/aromatic N) is 3.